The first-order chi connectivity index (χ1) is 12.3. The number of amides is 2. The van der Waals surface area contributed by atoms with Crippen LogP contribution < -0.4 is 0 Å². The second-order valence-corrected chi connectivity index (χ2v) is 6.81. The molecule has 0 heterocycles. The van der Waals surface area contributed by atoms with E-state index in [0.29, 0.717) is 24.0 Å². The van der Waals surface area contributed by atoms with Crippen LogP contribution in [0.3, 0.4) is 0 Å². The molecule has 0 radical (unpaired) electrons. The third-order valence-corrected chi connectivity index (χ3v) is 3.39. The van der Waals surface area contributed by atoms with Crippen molar-refractivity contribution in [3.05, 3.63) is 35.9 Å². The predicted molar refractivity (Wildman–Crippen MR) is 95.5 cm³/mol. The van der Waals surface area contributed by atoms with Gasteiger partial charge in [-0.15, -0.1) is 0 Å². The van der Waals surface area contributed by atoms with Crippen LogP contribution in [-0.2, 0) is 20.9 Å². The molecule has 0 saturated heterocycles. The predicted octanol–water partition coefficient (Wildman–Crippen LogP) is 3.29. The Balaban J connectivity index is 2.87. The molecule has 1 N–H and O–H groups in total. The number of rotatable bonds is 8. The molecule has 0 spiro atoms. The molecule has 1 aromatic carbocycles. The molecule has 2 amide bonds. The van der Waals surface area contributed by atoms with Crippen molar-refractivity contribution < 1.29 is 29.0 Å². The fourth-order valence-electron chi connectivity index (χ4n) is 2.17. The fraction of sp³-hybridized carbons (Fsp3) is 0.526. The van der Waals surface area contributed by atoms with Gasteiger partial charge in [-0.3, -0.25) is 0 Å². The summed E-state index contributed by atoms with van der Waals surface area (Å²) in [6.45, 7) is 4.94. The molecule has 0 aliphatic carbocycles. The molecule has 0 fully saturated rings. The number of hydrogen-bond acceptors (Lipinski definition) is 6. The van der Waals surface area contributed by atoms with E-state index in [0.717, 1.165) is 5.56 Å². The van der Waals surface area contributed by atoms with Crippen LogP contribution in [0.2, 0.25) is 0 Å². The van der Waals surface area contributed by atoms with E-state index in [2.05, 4.69) is 0 Å². The molecule has 0 aliphatic heterocycles. The van der Waals surface area contributed by atoms with E-state index in [9.17, 15) is 14.4 Å². The summed E-state index contributed by atoms with van der Waals surface area (Å²) >= 11 is 0. The van der Waals surface area contributed by atoms with Gasteiger partial charge in [0, 0.05) is 6.61 Å². The minimum Gasteiger partial charge on any atom is -0.444 e. The lowest BCUT2D eigenvalue weighted by molar-refractivity contribution is -0.112. The van der Waals surface area contributed by atoms with Crippen LogP contribution in [-0.4, -0.2) is 46.7 Å². The van der Waals surface area contributed by atoms with E-state index in [4.69, 9.17) is 14.6 Å². The van der Waals surface area contributed by atoms with Crippen molar-refractivity contribution >= 4 is 18.5 Å². The lowest BCUT2D eigenvalue weighted by atomic mass is 10.1. The second kappa shape index (κ2) is 10.6. The summed E-state index contributed by atoms with van der Waals surface area (Å²) in [6, 6.07) is 7.99. The molecule has 0 saturated carbocycles. The van der Waals surface area contributed by atoms with E-state index >= 15 is 0 Å². The summed E-state index contributed by atoms with van der Waals surface area (Å²) in [5.74, 6) is 0. The zero-order chi connectivity index (χ0) is 19.6. The number of ether oxygens (including phenoxy) is 2. The van der Waals surface area contributed by atoms with Gasteiger partial charge in [0.25, 0.3) is 0 Å². The SMILES string of the molecule is CC(C)(C)OC(=O)N(C(=O)OCc1ccccc1)[C@H](C=O)CCCCO. The first-order valence-corrected chi connectivity index (χ1v) is 8.57. The molecule has 26 heavy (non-hydrogen) atoms. The van der Waals surface area contributed by atoms with Gasteiger partial charge >= 0.3 is 12.2 Å². The molecule has 0 aliphatic rings. The van der Waals surface area contributed by atoms with Gasteiger partial charge < -0.3 is 19.4 Å². The molecular formula is C19H27NO6. The number of unbranched alkanes of at least 4 members (excludes halogenated alkanes) is 1. The van der Waals surface area contributed by atoms with E-state index in [-0.39, 0.29) is 19.6 Å². The number of aldehydes is 1. The maximum absolute atomic E-state index is 12.5. The van der Waals surface area contributed by atoms with Crippen molar-refractivity contribution in [3.8, 4) is 0 Å². The monoisotopic (exact) mass is 365 g/mol. The highest BCUT2D eigenvalue weighted by Gasteiger charge is 2.34. The van der Waals surface area contributed by atoms with Crippen LogP contribution in [0.4, 0.5) is 9.59 Å². The minimum absolute atomic E-state index is 0.0266. The number of hydrogen-bond donors (Lipinski definition) is 1. The van der Waals surface area contributed by atoms with Crippen molar-refractivity contribution in [1.29, 1.82) is 0 Å². The van der Waals surface area contributed by atoms with E-state index in [1.54, 1.807) is 45.0 Å². The van der Waals surface area contributed by atoms with Gasteiger partial charge in [-0.2, -0.15) is 0 Å². The van der Waals surface area contributed by atoms with Crippen molar-refractivity contribution in [2.24, 2.45) is 0 Å². The number of nitrogens with zero attached hydrogens (tertiary/aromatic N) is 1. The lowest BCUT2D eigenvalue weighted by Gasteiger charge is -2.29. The average Bonchev–Trinajstić information content (AvgIpc) is 2.58. The summed E-state index contributed by atoms with van der Waals surface area (Å²) in [4.78, 5) is 37.1. The summed E-state index contributed by atoms with van der Waals surface area (Å²) in [6.07, 6.45) is -0.188. The van der Waals surface area contributed by atoms with Crippen LogP contribution in [0.25, 0.3) is 0 Å². The summed E-state index contributed by atoms with van der Waals surface area (Å²) < 4.78 is 10.4. The third-order valence-electron chi connectivity index (χ3n) is 3.39. The lowest BCUT2D eigenvalue weighted by Crippen LogP contribution is -2.48. The Morgan fingerprint density at radius 2 is 1.81 bits per heavy atom. The highest BCUT2D eigenvalue weighted by atomic mass is 16.6. The highest BCUT2D eigenvalue weighted by Crippen LogP contribution is 2.16. The summed E-state index contributed by atoms with van der Waals surface area (Å²) in [7, 11) is 0. The van der Waals surface area contributed by atoms with Gasteiger partial charge in [0.2, 0.25) is 0 Å². The maximum atomic E-state index is 12.5. The first-order valence-electron chi connectivity index (χ1n) is 8.57. The molecule has 7 nitrogen and oxygen atoms in total. The molecule has 0 bridgehead atoms. The molecule has 0 unspecified atom stereocenters. The zero-order valence-electron chi connectivity index (χ0n) is 15.5. The van der Waals surface area contributed by atoms with Gasteiger partial charge in [-0.05, 0) is 45.6 Å². The van der Waals surface area contributed by atoms with Crippen molar-refractivity contribution in [1.82, 2.24) is 4.90 Å². The van der Waals surface area contributed by atoms with E-state index in [1.165, 1.54) is 0 Å². The van der Waals surface area contributed by atoms with Gasteiger partial charge in [0.15, 0.2) is 0 Å². The van der Waals surface area contributed by atoms with Crippen LogP contribution in [0, 0.1) is 0 Å². The van der Waals surface area contributed by atoms with Crippen LogP contribution in [0.15, 0.2) is 30.3 Å². The highest BCUT2D eigenvalue weighted by molar-refractivity contribution is 5.91. The van der Waals surface area contributed by atoms with Gasteiger partial charge in [-0.25, -0.2) is 14.5 Å². The standard InChI is InChI=1S/C19H27NO6/c1-19(2,3)26-18(24)20(16(13-22)11-7-8-12-21)17(23)25-14-15-9-5-4-6-10-15/h4-6,9-10,13,16,21H,7-8,11-12,14H2,1-3H3/t16-/m0/s1. The Morgan fingerprint density at radius 1 is 1.15 bits per heavy atom. The van der Waals surface area contributed by atoms with Crippen molar-refractivity contribution in [2.45, 2.75) is 58.3 Å². The largest absolute Gasteiger partial charge is 0.444 e. The Bertz CT molecular complexity index is 581. The van der Waals surface area contributed by atoms with Crippen molar-refractivity contribution in [3.63, 3.8) is 0 Å². The van der Waals surface area contributed by atoms with Gasteiger partial charge in [-0.1, -0.05) is 30.3 Å². The number of benzene rings is 1. The number of aliphatic hydroxyl groups is 1. The fourth-order valence-corrected chi connectivity index (χ4v) is 2.17. The Morgan fingerprint density at radius 3 is 2.35 bits per heavy atom. The van der Waals surface area contributed by atoms with Gasteiger partial charge in [0.05, 0.1) is 0 Å². The van der Waals surface area contributed by atoms with E-state index < -0.39 is 23.8 Å². The Labute approximate surface area is 153 Å². The Hall–Kier alpha value is -2.41. The first kappa shape index (κ1) is 21.6. The second-order valence-electron chi connectivity index (χ2n) is 6.81. The zero-order valence-corrected chi connectivity index (χ0v) is 15.5. The van der Waals surface area contributed by atoms with E-state index in [1.807, 2.05) is 6.07 Å². The smallest absolute Gasteiger partial charge is 0.420 e. The molecular weight excluding hydrogens is 338 g/mol. The van der Waals surface area contributed by atoms with Crippen LogP contribution >= 0.6 is 0 Å². The summed E-state index contributed by atoms with van der Waals surface area (Å²) in [5.41, 5.74) is -0.0685. The quantitative estimate of drug-likeness (QED) is 0.561. The molecule has 144 valence electrons. The summed E-state index contributed by atoms with van der Waals surface area (Å²) in [5, 5.41) is 8.89. The third kappa shape index (κ3) is 7.65. The number of carbonyl (C=O) groups is 3. The van der Waals surface area contributed by atoms with Gasteiger partial charge in [0.1, 0.15) is 24.5 Å². The number of aliphatic hydroxyl groups excluding tert-OH is 1. The normalized spacial score (nSPS) is 12.2. The molecule has 1 rings (SSSR count). The molecule has 1 aromatic rings. The number of imide groups is 1. The Kier molecular flexibility index (Phi) is 8.78. The molecule has 1 atom stereocenters. The molecule has 7 heteroatoms. The topological polar surface area (TPSA) is 93.1 Å². The maximum Gasteiger partial charge on any atom is 0.420 e. The minimum atomic E-state index is -1.01. The number of carbonyl (C=O) groups excluding carboxylic acids is 3. The van der Waals surface area contributed by atoms with Crippen LogP contribution in [0.1, 0.15) is 45.6 Å². The van der Waals surface area contributed by atoms with Crippen LogP contribution in [0.5, 0.6) is 0 Å². The van der Waals surface area contributed by atoms with Crippen molar-refractivity contribution in [2.75, 3.05) is 6.61 Å². The molecule has 0 aromatic heterocycles. The average molecular weight is 365 g/mol.